The molecule has 12 heteroatoms. The first-order valence-electron chi connectivity index (χ1n) is 15.3. The van der Waals surface area contributed by atoms with E-state index in [0.29, 0.717) is 0 Å². The van der Waals surface area contributed by atoms with E-state index in [9.17, 15) is 10.2 Å². The van der Waals surface area contributed by atoms with Gasteiger partial charge in [0.25, 0.3) is 0 Å². The summed E-state index contributed by atoms with van der Waals surface area (Å²) in [7, 11) is 2.12. The molecule has 0 radical (unpaired) electrons. The topological polar surface area (TPSA) is 137 Å². The third-order valence-corrected chi connectivity index (χ3v) is 9.05. The Morgan fingerprint density at radius 1 is 1.09 bits per heavy atom. The fourth-order valence-electron chi connectivity index (χ4n) is 6.42. The molecule has 0 bridgehead atoms. The molecule has 0 spiro atoms. The molecule has 6 rings (SSSR count). The van der Waals surface area contributed by atoms with E-state index < -0.39 is 23.8 Å². The van der Waals surface area contributed by atoms with Crippen LogP contribution in [-0.2, 0) is 29.8 Å². The number of nitrogens with zero attached hydrogens (tertiary/aromatic N) is 5. The minimum Gasteiger partial charge on any atom is -0.390 e. The van der Waals surface area contributed by atoms with Crippen LogP contribution in [0.2, 0.25) is 0 Å². The highest BCUT2D eigenvalue weighted by atomic mass is 35.5. The molecule has 4 aromatic rings. The lowest BCUT2D eigenvalue weighted by Crippen LogP contribution is -2.35. The lowest BCUT2D eigenvalue weighted by Gasteiger charge is -2.23. The third kappa shape index (κ3) is 7.92. The van der Waals surface area contributed by atoms with Gasteiger partial charge < -0.3 is 24.7 Å². The van der Waals surface area contributed by atoms with E-state index in [1.54, 1.807) is 6.33 Å². The Balaban J connectivity index is 0.00000106. The molecule has 4 atom stereocenters. The van der Waals surface area contributed by atoms with E-state index in [1.807, 2.05) is 6.20 Å². The van der Waals surface area contributed by atoms with Gasteiger partial charge in [0.2, 0.25) is 0 Å². The predicted octanol–water partition coefficient (Wildman–Crippen LogP) is 4.55. The zero-order valence-corrected chi connectivity index (χ0v) is 27.6. The van der Waals surface area contributed by atoms with E-state index in [1.165, 1.54) is 18.4 Å². The van der Waals surface area contributed by atoms with Gasteiger partial charge in [-0.05, 0) is 87.2 Å². The Labute approximate surface area is 268 Å². The Kier molecular flexibility index (Phi) is 11.3. The minimum absolute atomic E-state index is 0. The van der Waals surface area contributed by atoms with Crippen molar-refractivity contribution in [1.82, 2.24) is 29.4 Å². The van der Waals surface area contributed by atoms with E-state index >= 15 is 0 Å². The summed E-state index contributed by atoms with van der Waals surface area (Å²) in [6.45, 7) is 8.40. The number of aromatic nitrogens is 5. The molecule has 2 aliphatic rings. The van der Waals surface area contributed by atoms with Gasteiger partial charge in [-0.2, -0.15) is 8.42 Å². The van der Waals surface area contributed by atoms with Gasteiger partial charge in [-0.1, -0.05) is 26.8 Å². The Morgan fingerprint density at radius 2 is 1.84 bits per heavy atom. The van der Waals surface area contributed by atoms with Crippen LogP contribution in [-0.4, -0.2) is 80.4 Å². The number of fused-ring (bicyclic) bond motifs is 2. The first-order chi connectivity index (χ1) is 20.6. The van der Waals surface area contributed by atoms with E-state index in [0.717, 1.165) is 84.7 Å². The van der Waals surface area contributed by atoms with Crippen LogP contribution in [0.3, 0.4) is 0 Å². The summed E-state index contributed by atoms with van der Waals surface area (Å²) in [6.07, 6.45) is 9.44. The quantitative estimate of drug-likeness (QED) is 0.214. The summed E-state index contributed by atoms with van der Waals surface area (Å²) in [5.41, 5.74) is 5.56. The molecule has 240 valence electrons. The smallest absolute Gasteiger partial charge is 0.335 e. The maximum Gasteiger partial charge on any atom is 0.335 e. The molecule has 0 unspecified atom stereocenters. The molecule has 0 saturated heterocycles. The van der Waals surface area contributed by atoms with Gasteiger partial charge >= 0.3 is 11.6 Å². The van der Waals surface area contributed by atoms with Crippen LogP contribution in [0.25, 0.3) is 22.1 Å². The maximum absolute atomic E-state index is 11.0. The molecule has 0 amide bonds. The highest BCUT2D eigenvalue weighted by Gasteiger charge is 2.43. The molecule has 3 aromatic heterocycles. The lowest BCUT2D eigenvalue weighted by atomic mass is 9.87. The van der Waals surface area contributed by atoms with Gasteiger partial charge in [-0.15, -0.1) is 12.4 Å². The molecular weight excluding hydrogens is 600 g/mol. The number of H-pyrrole nitrogens is 1. The van der Waals surface area contributed by atoms with Crippen molar-refractivity contribution in [3.8, 4) is 0 Å². The monoisotopic (exact) mass is 644 g/mol. The van der Waals surface area contributed by atoms with Crippen LogP contribution >= 0.6 is 12.4 Å². The number of hydrogen-bond donors (Lipinski definition) is 3. The molecule has 2 fully saturated rings. The average molecular weight is 645 g/mol. The Morgan fingerprint density at radius 3 is 2.55 bits per heavy atom. The number of aromatic amines is 1. The highest BCUT2D eigenvalue weighted by Crippen LogP contribution is 2.39. The van der Waals surface area contributed by atoms with Gasteiger partial charge in [0.1, 0.15) is 23.9 Å². The fraction of sp³-hybridized carbons (Fsp3) is 0.594. The molecule has 2 saturated carbocycles. The second-order valence-electron chi connectivity index (χ2n) is 13.4. The Hall–Kier alpha value is -2.70. The van der Waals surface area contributed by atoms with Gasteiger partial charge in [0.15, 0.2) is 0 Å². The largest absolute Gasteiger partial charge is 0.390 e. The highest BCUT2D eigenvalue weighted by molar-refractivity contribution is 7.51. The third-order valence-electron chi connectivity index (χ3n) is 9.05. The molecule has 1 aromatic carbocycles. The van der Waals surface area contributed by atoms with Crippen LogP contribution < -0.4 is 0 Å². The Bertz CT molecular complexity index is 1580. The molecule has 3 heterocycles. The summed E-state index contributed by atoms with van der Waals surface area (Å²) < 4.78 is 18.7. The summed E-state index contributed by atoms with van der Waals surface area (Å²) in [6, 6.07) is 8.43. The van der Waals surface area contributed by atoms with E-state index in [-0.39, 0.29) is 29.8 Å². The van der Waals surface area contributed by atoms with E-state index in [2.05, 4.69) is 76.5 Å². The SMILES string of the molecule is CN(CCCCc1nc2ccc(C(C)(C)C)cc2[nH]1)C[C@H]1C[C@@H](n2ccc3c(CC4CC4)ncnc32)[C@H](O)[C@@H]1O.Cl.O=S=O. The fourth-order valence-corrected chi connectivity index (χ4v) is 6.42. The van der Waals surface area contributed by atoms with Crippen molar-refractivity contribution in [2.45, 2.75) is 89.4 Å². The summed E-state index contributed by atoms with van der Waals surface area (Å²) in [5.74, 6) is 1.81. The number of hydrogen-bond acceptors (Lipinski definition) is 8. The van der Waals surface area contributed by atoms with Crippen molar-refractivity contribution >= 4 is 46.0 Å². The normalized spacial score (nSPS) is 21.8. The second-order valence-corrected chi connectivity index (χ2v) is 13.6. The van der Waals surface area contributed by atoms with Crippen molar-refractivity contribution in [2.24, 2.45) is 11.8 Å². The number of aryl methyl sites for hydroxylation is 1. The summed E-state index contributed by atoms with van der Waals surface area (Å²) in [4.78, 5) is 19.7. The van der Waals surface area contributed by atoms with Gasteiger partial charge in [0.05, 0.1) is 28.9 Å². The molecule has 2 aliphatic carbocycles. The molecule has 44 heavy (non-hydrogen) atoms. The standard InChI is InChI=1S/C32H44N6O2.ClH.O2S/c1-32(2,3)22-10-11-24-26(17-22)36-28(35-24)7-5-6-13-37(4)18-21-16-27(30(40)29(21)39)38-14-12-23-25(15-20-8-9-20)33-19-34-31(23)38;;1-3-2/h10-12,14,17,19-21,27,29-30,39-40H,5-9,13,15-16,18H2,1-4H3,(H,35,36);1H;/t21-,27-,29-,30+;;/m1../s1. The van der Waals surface area contributed by atoms with Gasteiger partial charge in [-0.3, -0.25) is 0 Å². The van der Waals surface area contributed by atoms with Crippen molar-refractivity contribution < 1.29 is 18.6 Å². The average Bonchev–Trinajstić information content (AvgIpc) is 3.41. The molecule has 0 aliphatic heterocycles. The maximum atomic E-state index is 11.0. The van der Waals surface area contributed by atoms with Crippen LogP contribution in [0.5, 0.6) is 0 Å². The minimum atomic E-state index is -0.803. The number of unbranched alkanes of at least 4 members (excludes halogenated alkanes) is 1. The van der Waals surface area contributed by atoms with Crippen molar-refractivity contribution in [2.75, 3.05) is 20.1 Å². The number of imidazole rings is 1. The number of nitrogens with one attached hydrogen (secondary N) is 1. The van der Waals surface area contributed by atoms with Crippen LogP contribution in [0.1, 0.15) is 76.0 Å². The van der Waals surface area contributed by atoms with E-state index in [4.69, 9.17) is 13.4 Å². The molecule has 3 N–H and O–H groups in total. The van der Waals surface area contributed by atoms with Crippen molar-refractivity contribution in [3.05, 3.63) is 53.9 Å². The van der Waals surface area contributed by atoms with Crippen LogP contribution in [0, 0.1) is 11.8 Å². The van der Waals surface area contributed by atoms with Crippen LogP contribution in [0.4, 0.5) is 0 Å². The first-order valence-corrected chi connectivity index (χ1v) is 16.0. The lowest BCUT2D eigenvalue weighted by molar-refractivity contribution is 0.00167. The molecular formula is C32H45ClN6O4S. The molecule has 10 nitrogen and oxygen atoms in total. The van der Waals surface area contributed by atoms with Crippen LogP contribution in [0.15, 0.2) is 36.8 Å². The number of halogens is 1. The number of aliphatic hydroxyl groups excluding tert-OH is 2. The zero-order chi connectivity index (χ0) is 30.7. The summed E-state index contributed by atoms with van der Waals surface area (Å²) in [5, 5.41) is 23.0. The number of benzene rings is 1. The summed E-state index contributed by atoms with van der Waals surface area (Å²) >= 11 is -0.750. The van der Waals surface area contributed by atoms with Gasteiger partial charge in [0, 0.05) is 30.5 Å². The number of rotatable bonds is 10. The second kappa shape index (κ2) is 14.6. The number of aliphatic hydroxyl groups is 2. The first kappa shape index (κ1) is 34.2. The van der Waals surface area contributed by atoms with Crippen molar-refractivity contribution in [1.29, 1.82) is 0 Å². The predicted molar refractivity (Wildman–Crippen MR) is 175 cm³/mol. The van der Waals surface area contributed by atoms with Crippen molar-refractivity contribution in [3.63, 3.8) is 0 Å². The van der Waals surface area contributed by atoms with Gasteiger partial charge in [-0.25, -0.2) is 15.0 Å². The zero-order valence-electron chi connectivity index (χ0n) is 26.0.